The Labute approximate surface area is 112 Å². The lowest BCUT2D eigenvalue weighted by molar-refractivity contribution is 0.273. The summed E-state index contributed by atoms with van der Waals surface area (Å²) in [5, 5.41) is 9.34. The predicted molar refractivity (Wildman–Crippen MR) is 71.0 cm³/mol. The second-order valence-electron chi connectivity index (χ2n) is 4.03. The average molecular weight is 291 g/mol. The van der Waals surface area contributed by atoms with Gasteiger partial charge in [-0.25, -0.2) is 0 Å². The lowest BCUT2D eigenvalue weighted by Crippen LogP contribution is -2.33. The molecule has 18 heavy (non-hydrogen) atoms. The molecule has 0 radical (unpaired) electrons. The Morgan fingerprint density at radius 3 is 2.50 bits per heavy atom. The Hall–Kier alpha value is -0.820. The van der Waals surface area contributed by atoms with Crippen LogP contribution in [0.1, 0.15) is 6.42 Å². The van der Waals surface area contributed by atoms with Gasteiger partial charge in [0, 0.05) is 31.3 Å². The van der Waals surface area contributed by atoms with Crippen LogP contribution in [0.2, 0.25) is 5.02 Å². The molecular weight excluding hydrogens is 276 g/mol. The van der Waals surface area contributed by atoms with Gasteiger partial charge in [0.15, 0.2) is 0 Å². The molecule has 1 aliphatic heterocycles. The highest BCUT2D eigenvalue weighted by atomic mass is 35.5. The van der Waals surface area contributed by atoms with Crippen molar-refractivity contribution in [2.45, 2.75) is 6.42 Å². The van der Waals surface area contributed by atoms with Gasteiger partial charge in [0.25, 0.3) is 0 Å². The third kappa shape index (κ3) is 2.61. The third-order valence-corrected chi connectivity index (χ3v) is 5.06. The fraction of sp³-hybridized carbons (Fsp3) is 0.455. The first kappa shape index (κ1) is 13.6. The van der Waals surface area contributed by atoms with Crippen molar-refractivity contribution in [2.24, 2.45) is 0 Å². The maximum absolute atomic E-state index is 12.2. The van der Waals surface area contributed by atoms with E-state index >= 15 is 0 Å². The summed E-state index contributed by atoms with van der Waals surface area (Å²) >= 11 is 5.78. The molecule has 1 aromatic carbocycles. The number of hydrogen-bond donors (Lipinski definition) is 1. The first-order valence-electron chi connectivity index (χ1n) is 5.70. The summed E-state index contributed by atoms with van der Waals surface area (Å²) in [6.45, 7) is 1.22. The van der Waals surface area contributed by atoms with Crippen LogP contribution in [0, 0.1) is 0 Å². The second-order valence-corrected chi connectivity index (χ2v) is 6.32. The van der Waals surface area contributed by atoms with Gasteiger partial charge in [-0.05, 0) is 30.7 Å². The maximum Gasteiger partial charge on any atom is 0.304 e. The van der Waals surface area contributed by atoms with Crippen molar-refractivity contribution in [1.29, 1.82) is 0 Å². The van der Waals surface area contributed by atoms with Crippen molar-refractivity contribution < 1.29 is 13.5 Å². The van der Waals surface area contributed by atoms with Crippen LogP contribution in [0.15, 0.2) is 24.3 Å². The summed E-state index contributed by atoms with van der Waals surface area (Å²) in [5.74, 6) is 0. The maximum atomic E-state index is 12.2. The van der Waals surface area contributed by atoms with E-state index in [2.05, 4.69) is 0 Å². The highest BCUT2D eigenvalue weighted by Crippen LogP contribution is 2.26. The zero-order chi connectivity index (χ0) is 13.2. The molecule has 1 fully saturated rings. The van der Waals surface area contributed by atoms with E-state index in [-0.39, 0.29) is 6.61 Å². The number of hydrogen-bond acceptors (Lipinski definition) is 3. The molecule has 0 bridgehead atoms. The van der Waals surface area contributed by atoms with Crippen molar-refractivity contribution >= 4 is 27.5 Å². The van der Waals surface area contributed by atoms with E-state index in [0.717, 1.165) is 0 Å². The van der Waals surface area contributed by atoms with Crippen molar-refractivity contribution in [2.75, 3.05) is 30.5 Å². The fourth-order valence-corrected chi connectivity index (χ4v) is 3.69. The summed E-state index contributed by atoms with van der Waals surface area (Å²) in [4.78, 5) is 0. The standard InChI is InChI=1S/C11H15ClN2O3S/c12-10-2-4-11(5-3-10)14-8-7-13(6-1-9-15)18(14,16)17/h2-5,15H,1,6-9H2. The Morgan fingerprint density at radius 2 is 1.89 bits per heavy atom. The highest BCUT2D eigenvalue weighted by Gasteiger charge is 2.35. The molecule has 1 heterocycles. The molecule has 0 unspecified atom stereocenters. The van der Waals surface area contributed by atoms with E-state index in [1.807, 2.05) is 0 Å². The second kappa shape index (κ2) is 5.44. The van der Waals surface area contributed by atoms with Crippen LogP contribution in [-0.2, 0) is 10.2 Å². The fourth-order valence-electron chi connectivity index (χ4n) is 1.92. The number of aliphatic hydroxyl groups excluding tert-OH is 1. The van der Waals surface area contributed by atoms with Crippen LogP contribution in [0.5, 0.6) is 0 Å². The van der Waals surface area contributed by atoms with Crippen LogP contribution in [0.25, 0.3) is 0 Å². The van der Waals surface area contributed by atoms with E-state index in [1.165, 1.54) is 8.61 Å². The van der Waals surface area contributed by atoms with Crippen LogP contribution >= 0.6 is 11.6 Å². The molecule has 0 aliphatic carbocycles. The molecule has 0 saturated carbocycles. The van der Waals surface area contributed by atoms with Gasteiger partial charge in [-0.1, -0.05) is 11.6 Å². The Balaban J connectivity index is 2.19. The average Bonchev–Trinajstić information content (AvgIpc) is 2.63. The largest absolute Gasteiger partial charge is 0.396 e. The summed E-state index contributed by atoms with van der Waals surface area (Å²) in [5.41, 5.74) is 0.617. The van der Waals surface area contributed by atoms with Crippen molar-refractivity contribution in [3.05, 3.63) is 29.3 Å². The molecule has 5 nitrogen and oxygen atoms in total. The van der Waals surface area contributed by atoms with Crippen LogP contribution in [0.3, 0.4) is 0 Å². The Morgan fingerprint density at radius 1 is 1.22 bits per heavy atom. The summed E-state index contributed by atoms with van der Waals surface area (Å²) in [7, 11) is -3.45. The smallest absolute Gasteiger partial charge is 0.304 e. The zero-order valence-electron chi connectivity index (χ0n) is 9.79. The SMILES string of the molecule is O=S1(=O)N(CCCO)CCN1c1ccc(Cl)cc1. The quantitative estimate of drug-likeness (QED) is 0.903. The van der Waals surface area contributed by atoms with E-state index in [9.17, 15) is 8.42 Å². The van der Waals surface area contributed by atoms with E-state index < -0.39 is 10.2 Å². The zero-order valence-corrected chi connectivity index (χ0v) is 11.4. The molecule has 1 N–H and O–H groups in total. The molecule has 0 amide bonds. The summed E-state index contributed by atoms with van der Waals surface area (Å²) in [6, 6.07) is 6.72. The molecule has 7 heteroatoms. The van der Waals surface area contributed by atoms with Gasteiger partial charge in [0.05, 0.1) is 5.69 Å². The van der Waals surface area contributed by atoms with Crippen LogP contribution in [-0.4, -0.2) is 44.1 Å². The van der Waals surface area contributed by atoms with Crippen molar-refractivity contribution in [3.8, 4) is 0 Å². The predicted octanol–water partition coefficient (Wildman–Crippen LogP) is 1.09. The third-order valence-electron chi connectivity index (χ3n) is 2.84. The lowest BCUT2D eigenvalue weighted by Gasteiger charge is -2.19. The normalized spacial score (nSPS) is 19.3. The molecular formula is C11H15ClN2O3S. The molecule has 100 valence electrons. The molecule has 0 aromatic heterocycles. The molecule has 1 aliphatic rings. The number of nitrogens with zero attached hydrogens (tertiary/aromatic N) is 2. The molecule has 1 aromatic rings. The number of halogens is 1. The first-order valence-corrected chi connectivity index (χ1v) is 7.47. The Bertz CT molecular complexity index is 504. The number of aliphatic hydroxyl groups is 1. The minimum atomic E-state index is -3.45. The summed E-state index contributed by atoms with van der Waals surface area (Å²) in [6.07, 6.45) is 0.452. The number of rotatable bonds is 4. The van der Waals surface area contributed by atoms with Crippen LogP contribution in [0.4, 0.5) is 5.69 Å². The highest BCUT2D eigenvalue weighted by molar-refractivity contribution is 7.90. The molecule has 2 rings (SSSR count). The van der Waals surface area contributed by atoms with Gasteiger partial charge in [0.1, 0.15) is 0 Å². The molecule has 0 spiro atoms. The number of benzene rings is 1. The van der Waals surface area contributed by atoms with Gasteiger partial charge in [-0.3, -0.25) is 4.31 Å². The van der Waals surface area contributed by atoms with Crippen LogP contribution < -0.4 is 4.31 Å². The summed E-state index contributed by atoms with van der Waals surface area (Å²) < 4.78 is 27.2. The van der Waals surface area contributed by atoms with Crippen molar-refractivity contribution in [3.63, 3.8) is 0 Å². The topological polar surface area (TPSA) is 60.9 Å². The number of anilines is 1. The Kier molecular flexibility index (Phi) is 4.11. The van der Waals surface area contributed by atoms with Gasteiger partial charge in [-0.15, -0.1) is 0 Å². The van der Waals surface area contributed by atoms with E-state index in [1.54, 1.807) is 24.3 Å². The van der Waals surface area contributed by atoms with Gasteiger partial charge < -0.3 is 5.11 Å². The van der Waals surface area contributed by atoms with Gasteiger partial charge in [-0.2, -0.15) is 12.7 Å². The lowest BCUT2D eigenvalue weighted by atomic mass is 10.3. The minimum absolute atomic E-state index is 0.00698. The first-order chi connectivity index (χ1) is 8.55. The molecule has 0 atom stereocenters. The van der Waals surface area contributed by atoms with Crippen molar-refractivity contribution in [1.82, 2.24) is 4.31 Å². The monoisotopic (exact) mass is 290 g/mol. The molecule has 1 saturated heterocycles. The van der Waals surface area contributed by atoms with E-state index in [0.29, 0.717) is 36.8 Å². The minimum Gasteiger partial charge on any atom is -0.396 e. The van der Waals surface area contributed by atoms with Gasteiger partial charge >= 0.3 is 10.2 Å². The van der Waals surface area contributed by atoms with E-state index in [4.69, 9.17) is 16.7 Å². The van der Waals surface area contributed by atoms with Gasteiger partial charge in [0.2, 0.25) is 0 Å².